The van der Waals surface area contributed by atoms with E-state index in [0.29, 0.717) is 0 Å². The van der Waals surface area contributed by atoms with Crippen molar-refractivity contribution in [3.63, 3.8) is 0 Å². The highest BCUT2D eigenvalue weighted by molar-refractivity contribution is 7.93. The van der Waals surface area contributed by atoms with Crippen molar-refractivity contribution in [3.8, 4) is 0 Å². The van der Waals surface area contributed by atoms with E-state index in [-0.39, 0.29) is 31.3 Å². The molecule has 0 aliphatic rings. The van der Waals surface area contributed by atoms with Gasteiger partial charge < -0.3 is 10.9 Å². The molecule has 3 N–H and O–H groups in total. The Kier molecular flexibility index (Phi) is 7.45. The second-order valence-electron chi connectivity index (χ2n) is 5.04. The quantitative estimate of drug-likeness (QED) is 0.253. The number of sulfonamides is 1. The Labute approximate surface area is 120 Å². The highest BCUT2D eigenvalue weighted by Gasteiger charge is 2.24. The third kappa shape index (κ3) is 8.33. The third-order valence-corrected chi connectivity index (χ3v) is 5.46. The second-order valence-corrected chi connectivity index (χ2v) is 9.39. The fourth-order valence-corrected chi connectivity index (χ4v) is 4.63. The van der Waals surface area contributed by atoms with Gasteiger partial charge in [0.05, 0.1) is 11.5 Å². The zero-order chi connectivity index (χ0) is 16.0. The lowest BCUT2D eigenvalue weighted by Crippen LogP contribution is -2.39. The molecule has 0 atom stereocenters. The van der Waals surface area contributed by atoms with E-state index in [1.807, 2.05) is 13.8 Å². The van der Waals surface area contributed by atoms with Crippen LogP contribution in [-0.2, 0) is 19.9 Å². The summed E-state index contributed by atoms with van der Waals surface area (Å²) in [6.07, 6.45) is 1.08. The minimum absolute atomic E-state index is 0.0557. The molecule has 0 aromatic rings. The summed E-state index contributed by atoms with van der Waals surface area (Å²) >= 11 is 0. The molecule has 20 heavy (non-hydrogen) atoms. The number of sulfone groups is 1. The molecule has 0 radical (unpaired) electrons. The lowest BCUT2D eigenvalue weighted by atomic mass is 10.2. The highest BCUT2D eigenvalue weighted by atomic mass is 32.2. The van der Waals surface area contributed by atoms with Gasteiger partial charge in [0.15, 0.2) is 0 Å². The van der Waals surface area contributed by atoms with Gasteiger partial charge in [-0.3, -0.25) is 0 Å². The van der Waals surface area contributed by atoms with Crippen LogP contribution in [0.15, 0.2) is 5.16 Å². The molecule has 0 heterocycles. The van der Waals surface area contributed by atoms with Crippen LogP contribution in [0.5, 0.6) is 0 Å². The zero-order valence-corrected chi connectivity index (χ0v) is 13.6. The summed E-state index contributed by atoms with van der Waals surface area (Å²) in [6, 6.07) is 0. The number of hydrogen-bond donors (Lipinski definition) is 2. The van der Waals surface area contributed by atoms with Crippen LogP contribution < -0.4 is 5.73 Å². The molecule has 0 spiro atoms. The minimum Gasteiger partial charge on any atom is -0.409 e. The van der Waals surface area contributed by atoms with Gasteiger partial charge in [0.25, 0.3) is 0 Å². The standard InChI is InChI=1S/C10H23N3O5S2/c1-9(2)8-13(5-4-10(11)12-14)20(17,18)7-6-19(3,15)16/h9,14H,4-8H2,1-3H3,(H2,11,12). The fourth-order valence-electron chi connectivity index (χ4n) is 1.43. The van der Waals surface area contributed by atoms with E-state index in [9.17, 15) is 16.8 Å². The Balaban J connectivity index is 4.90. The first-order valence-electron chi connectivity index (χ1n) is 6.10. The van der Waals surface area contributed by atoms with Crippen molar-refractivity contribution in [1.29, 1.82) is 0 Å². The number of oxime groups is 1. The van der Waals surface area contributed by atoms with E-state index in [2.05, 4.69) is 5.16 Å². The number of hydrogen-bond acceptors (Lipinski definition) is 6. The van der Waals surface area contributed by atoms with Gasteiger partial charge in [0.1, 0.15) is 15.7 Å². The first-order chi connectivity index (χ1) is 8.98. The van der Waals surface area contributed by atoms with Gasteiger partial charge in [-0.05, 0) is 5.92 Å². The molecule has 0 saturated heterocycles. The Bertz CT molecular complexity index is 525. The molecule has 0 bridgehead atoms. The molecule has 0 aliphatic heterocycles. The average molecular weight is 329 g/mol. The van der Waals surface area contributed by atoms with E-state index in [1.54, 1.807) is 0 Å². The molecule has 0 aromatic carbocycles. The highest BCUT2D eigenvalue weighted by Crippen LogP contribution is 2.08. The van der Waals surface area contributed by atoms with Crippen molar-refractivity contribution in [2.24, 2.45) is 16.8 Å². The van der Waals surface area contributed by atoms with Gasteiger partial charge >= 0.3 is 0 Å². The largest absolute Gasteiger partial charge is 0.409 e. The van der Waals surface area contributed by atoms with Gasteiger partial charge in [-0.25, -0.2) is 21.1 Å². The predicted molar refractivity (Wildman–Crippen MR) is 77.9 cm³/mol. The molecule has 120 valence electrons. The van der Waals surface area contributed by atoms with Crippen LogP contribution in [0.4, 0.5) is 0 Å². The van der Waals surface area contributed by atoms with E-state index < -0.39 is 31.4 Å². The summed E-state index contributed by atoms with van der Waals surface area (Å²) in [5.41, 5.74) is 5.32. The molecule has 0 amide bonds. The molecular formula is C10H23N3O5S2. The first-order valence-corrected chi connectivity index (χ1v) is 9.77. The first kappa shape index (κ1) is 19.1. The summed E-state index contributed by atoms with van der Waals surface area (Å²) < 4.78 is 47.6. The van der Waals surface area contributed by atoms with Crippen molar-refractivity contribution in [2.75, 3.05) is 30.9 Å². The predicted octanol–water partition coefficient (Wildman–Crippen LogP) is -0.545. The Hall–Kier alpha value is -0.870. The van der Waals surface area contributed by atoms with Crippen LogP contribution in [0, 0.1) is 5.92 Å². The monoisotopic (exact) mass is 329 g/mol. The van der Waals surface area contributed by atoms with Gasteiger partial charge in [-0.2, -0.15) is 0 Å². The van der Waals surface area contributed by atoms with Crippen LogP contribution in [0.3, 0.4) is 0 Å². The number of amidine groups is 1. The van der Waals surface area contributed by atoms with Crippen molar-refractivity contribution in [3.05, 3.63) is 0 Å². The Morgan fingerprint density at radius 3 is 2.20 bits per heavy atom. The van der Waals surface area contributed by atoms with Crippen LogP contribution in [0.1, 0.15) is 20.3 Å². The zero-order valence-electron chi connectivity index (χ0n) is 12.0. The smallest absolute Gasteiger partial charge is 0.215 e. The summed E-state index contributed by atoms with van der Waals surface area (Å²) in [5, 5.41) is 11.2. The maximum atomic E-state index is 12.1. The second kappa shape index (κ2) is 7.79. The molecule has 0 aromatic heterocycles. The van der Waals surface area contributed by atoms with Gasteiger partial charge in [0, 0.05) is 25.8 Å². The van der Waals surface area contributed by atoms with Gasteiger partial charge in [-0.15, -0.1) is 0 Å². The fraction of sp³-hybridized carbons (Fsp3) is 0.900. The van der Waals surface area contributed by atoms with E-state index in [0.717, 1.165) is 6.26 Å². The Morgan fingerprint density at radius 2 is 1.80 bits per heavy atom. The van der Waals surface area contributed by atoms with Crippen molar-refractivity contribution in [2.45, 2.75) is 20.3 Å². The van der Waals surface area contributed by atoms with Gasteiger partial charge in [0.2, 0.25) is 10.0 Å². The summed E-state index contributed by atoms with van der Waals surface area (Å²) in [6.45, 7) is 4.01. The van der Waals surface area contributed by atoms with Crippen LogP contribution in [0.2, 0.25) is 0 Å². The lowest BCUT2D eigenvalue weighted by Gasteiger charge is -2.23. The molecule has 0 fully saturated rings. The third-order valence-electron chi connectivity index (χ3n) is 2.42. The number of rotatable bonds is 9. The summed E-state index contributed by atoms with van der Waals surface area (Å²) in [4.78, 5) is 0. The van der Waals surface area contributed by atoms with Crippen LogP contribution >= 0.6 is 0 Å². The van der Waals surface area contributed by atoms with Crippen molar-refractivity contribution < 1.29 is 22.0 Å². The molecule has 0 saturated carbocycles. The normalized spacial score (nSPS) is 14.2. The molecule has 0 unspecified atom stereocenters. The Morgan fingerprint density at radius 1 is 1.25 bits per heavy atom. The molecular weight excluding hydrogens is 306 g/mol. The van der Waals surface area contributed by atoms with Crippen molar-refractivity contribution in [1.82, 2.24) is 4.31 Å². The maximum absolute atomic E-state index is 12.1. The topological polar surface area (TPSA) is 130 Å². The van der Waals surface area contributed by atoms with E-state index in [4.69, 9.17) is 10.9 Å². The maximum Gasteiger partial charge on any atom is 0.215 e. The SMILES string of the molecule is CC(C)CN(CCC(N)=NO)S(=O)(=O)CCS(C)(=O)=O. The summed E-state index contributed by atoms with van der Waals surface area (Å²) in [5.74, 6) is -0.880. The van der Waals surface area contributed by atoms with Crippen molar-refractivity contribution >= 4 is 25.7 Å². The molecule has 0 rings (SSSR count). The minimum atomic E-state index is -3.69. The van der Waals surface area contributed by atoms with E-state index in [1.165, 1.54) is 4.31 Å². The van der Waals surface area contributed by atoms with Gasteiger partial charge in [-0.1, -0.05) is 19.0 Å². The summed E-state index contributed by atoms with van der Waals surface area (Å²) in [7, 11) is -7.04. The molecule has 8 nitrogen and oxygen atoms in total. The number of nitrogens with two attached hydrogens (primary N) is 1. The lowest BCUT2D eigenvalue weighted by molar-refractivity contribution is 0.314. The molecule has 0 aliphatic carbocycles. The molecule has 10 heteroatoms. The number of nitrogens with zero attached hydrogens (tertiary/aromatic N) is 2. The van der Waals surface area contributed by atoms with Crippen LogP contribution in [0.25, 0.3) is 0 Å². The van der Waals surface area contributed by atoms with E-state index >= 15 is 0 Å². The average Bonchev–Trinajstić information content (AvgIpc) is 2.30. The van der Waals surface area contributed by atoms with Crippen LogP contribution in [-0.4, -0.2) is 63.0 Å².